The Balaban J connectivity index is 1.91. The van der Waals surface area contributed by atoms with Gasteiger partial charge < -0.3 is 29.4 Å². The molecule has 0 aromatic heterocycles. The van der Waals surface area contributed by atoms with Crippen molar-refractivity contribution >= 4 is 11.9 Å². The van der Waals surface area contributed by atoms with E-state index in [1.54, 1.807) is 0 Å². The monoisotopic (exact) mass is 400 g/mol. The van der Waals surface area contributed by atoms with Gasteiger partial charge in [0.05, 0.1) is 52.8 Å². The van der Waals surface area contributed by atoms with E-state index >= 15 is 0 Å². The SMILES string of the molecule is C#CCOCCOCCOCCOCCC(=O)NC1CC(C)N(CC(=O)O)C1. The maximum absolute atomic E-state index is 11.9. The number of nitrogens with one attached hydrogen (secondary N) is 1. The molecule has 1 rings (SSSR count). The number of hydrogen-bond donors (Lipinski definition) is 2. The minimum Gasteiger partial charge on any atom is -0.480 e. The Hall–Kier alpha value is -1.70. The van der Waals surface area contributed by atoms with Crippen LogP contribution in [0.1, 0.15) is 19.8 Å². The van der Waals surface area contributed by atoms with E-state index in [1.807, 2.05) is 11.8 Å². The maximum atomic E-state index is 11.9. The van der Waals surface area contributed by atoms with E-state index in [1.165, 1.54) is 0 Å². The Labute approximate surface area is 166 Å². The lowest BCUT2D eigenvalue weighted by Crippen LogP contribution is -2.38. The highest BCUT2D eigenvalue weighted by Gasteiger charge is 2.30. The molecule has 0 bridgehead atoms. The summed E-state index contributed by atoms with van der Waals surface area (Å²) in [6.45, 7) is 5.86. The second kappa shape index (κ2) is 15.2. The summed E-state index contributed by atoms with van der Waals surface area (Å²) in [5.74, 6) is 1.44. The number of nitrogens with zero attached hydrogens (tertiary/aromatic N) is 1. The van der Waals surface area contributed by atoms with Gasteiger partial charge in [-0.2, -0.15) is 0 Å². The Bertz CT molecular complexity index is 495. The molecule has 0 aromatic rings. The van der Waals surface area contributed by atoms with Crippen molar-refractivity contribution in [1.29, 1.82) is 0 Å². The molecule has 1 fully saturated rings. The van der Waals surface area contributed by atoms with Gasteiger partial charge in [-0.05, 0) is 13.3 Å². The van der Waals surface area contributed by atoms with Gasteiger partial charge in [0.15, 0.2) is 0 Å². The Kier molecular flexibility index (Phi) is 13.3. The van der Waals surface area contributed by atoms with Crippen molar-refractivity contribution < 1.29 is 33.6 Å². The summed E-state index contributed by atoms with van der Waals surface area (Å²) in [6.07, 6.45) is 6.07. The molecule has 2 atom stereocenters. The number of amides is 1. The molecular weight excluding hydrogens is 368 g/mol. The summed E-state index contributed by atoms with van der Waals surface area (Å²) >= 11 is 0. The van der Waals surface area contributed by atoms with Crippen molar-refractivity contribution in [3.8, 4) is 12.3 Å². The highest BCUT2D eigenvalue weighted by Crippen LogP contribution is 2.16. The quantitative estimate of drug-likeness (QED) is 0.270. The number of likely N-dealkylation sites (tertiary alicyclic amines) is 1. The highest BCUT2D eigenvalue weighted by molar-refractivity contribution is 5.76. The number of aliphatic carboxylic acids is 1. The molecule has 2 N–H and O–H groups in total. The van der Waals surface area contributed by atoms with Gasteiger partial charge in [0.1, 0.15) is 6.61 Å². The van der Waals surface area contributed by atoms with Crippen LogP contribution in [0.4, 0.5) is 0 Å². The largest absolute Gasteiger partial charge is 0.480 e. The molecule has 9 nitrogen and oxygen atoms in total. The highest BCUT2D eigenvalue weighted by atomic mass is 16.6. The number of carbonyl (C=O) groups is 2. The van der Waals surface area contributed by atoms with Crippen LogP contribution in [0, 0.1) is 12.3 Å². The van der Waals surface area contributed by atoms with Crippen molar-refractivity contribution in [3.05, 3.63) is 0 Å². The predicted molar refractivity (Wildman–Crippen MR) is 102 cm³/mol. The van der Waals surface area contributed by atoms with E-state index in [9.17, 15) is 9.59 Å². The minimum absolute atomic E-state index is 0.00122. The third-order valence-electron chi connectivity index (χ3n) is 4.18. The second-order valence-corrected chi connectivity index (χ2v) is 6.52. The van der Waals surface area contributed by atoms with Crippen LogP contribution < -0.4 is 5.32 Å². The van der Waals surface area contributed by atoms with E-state index < -0.39 is 5.97 Å². The minimum atomic E-state index is -0.852. The van der Waals surface area contributed by atoms with Gasteiger partial charge in [-0.15, -0.1) is 6.42 Å². The van der Waals surface area contributed by atoms with E-state index in [0.717, 1.165) is 6.42 Å². The van der Waals surface area contributed by atoms with Gasteiger partial charge in [-0.1, -0.05) is 5.92 Å². The second-order valence-electron chi connectivity index (χ2n) is 6.52. The summed E-state index contributed by atoms with van der Waals surface area (Å²) in [5.41, 5.74) is 0. The lowest BCUT2D eigenvalue weighted by molar-refractivity contribution is -0.138. The molecule has 1 aliphatic heterocycles. The van der Waals surface area contributed by atoms with Crippen molar-refractivity contribution in [1.82, 2.24) is 10.2 Å². The number of hydrogen-bond acceptors (Lipinski definition) is 7. The van der Waals surface area contributed by atoms with Crippen LogP contribution in [0.5, 0.6) is 0 Å². The van der Waals surface area contributed by atoms with E-state index in [4.69, 9.17) is 30.5 Å². The van der Waals surface area contributed by atoms with Crippen LogP contribution in [-0.2, 0) is 28.5 Å². The molecule has 1 saturated heterocycles. The van der Waals surface area contributed by atoms with E-state index in [0.29, 0.717) is 52.8 Å². The summed E-state index contributed by atoms with van der Waals surface area (Å²) in [5, 5.41) is 11.8. The number of carboxylic acids is 1. The Morgan fingerprint density at radius 2 is 1.64 bits per heavy atom. The average Bonchev–Trinajstić information content (AvgIpc) is 2.97. The van der Waals surface area contributed by atoms with Crippen LogP contribution in [0.2, 0.25) is 0 Å². The van der Waals surface area contributed by atoms with Crippen LogP contribution >= 0.6 is 0 Å². The molecule has 1 aliphatic rings. The van der Waals surface area contributed by atoms with Gasteiger partial charge in [0.2, 0.25) is 5.91 Å². The van der Waals surface area contributed by atoms with Crippen LogP contribution in [0.25, 0.3) is 0 Å². The van der Waals surface area contributed by atoms with Gasteiger partial charge in [0, 0.05) is 25.0 Å². The summed E-state index contributed by atoms with van der Waals surface area (Å²) in [4.78, 5) is 24.6. The summed E-state index contributed by atoms with van der Waals surface area (Å²) < 4.78 is 21.1. The zero-order valence-electron chi connectivity index (χ0n) is 16.6. The average molecular weight is 400 g/mol. The molecule has 1 heterocycles. The number of carboxylic acid groups (broad SMARTS) is 1. The normalized spacial score (nSPS) is 19.4. The van der Waals surface area contributed by atoms with Gasteiger partial charge in [0.25, 0.3) is 0 Å². The molecule has 160 valence electrons. The fourth-order valence-electron chi connectivity index (χ4n) is 2.85. The zero-order valence-corrected chi connectivity index (χ0v) is 16.6. The van der Waals surface area contributed by atoms with Gasteiger partial charge >= 0.3 is 5.97 Å². The lowest BCUT2D eigenvalue weighted by atomic mass is 10.2. The number of carbonyl (C=O) groups excluding carboxylic acids is 1. The third kappa shape index (κ3) is 11.9. The smallest absolute Gasteiger partial charge is 0.317 e. The molecule has 28 heavy (non-hydrogen) atoms. The molecule has 1 amide bonds. The van der Waals surface area contributed by atoms with Crippen LogP contribution in [-0.4, -0.2) is 99.9 Å². The first kappa shape index (κ1) is 24.3. The molecule has 0 spiro atoms. The van der Waals surface area contributed by atoms with E-state index in [-0.39, 0.29) is 37.6 Å². The third-order valence-corrected chi connectivity index (χ3v) is 4.18. The Morgan fingerprint density at radius 3 is 2.21 bits per heavy atom. The predicted octanol–water partition coefficient (Wildman–Crippen LogP) is -0.260. The maximum Gasteiger partial charge on any atom is 0.317 e. The molecule has 9 heteroatoms. The molecular formula is C19H32N2O7. The fraction of sp³-hybridized carbons (Fsp3) is 0.789. The van der Waals surface area contributed by atoms with Gasteiger partial charge in [-0.3, -0.25) is 14.5 Å². The topological polar surface area (TPSA) is 107 Å². The van der Waals surface area contributed by atoms with Crippen molar-refractivity contribution in [3.63, 3.8) is 0 Å². The van der Waals surface area contributed by atoms with Crippen molar-refractivity contribution in [2.24, 2.45) is 0 Å². The fourth-order valence-corrected chi connectivity index (χ4v) is 2.85. The van der Waals surface area contributed by atoms with Crippen LogP contribution in [0.3, 0.4) is 0 Å². The standard InChI is InChI=1S/C19H32N2O7/c1-3-5-25-7-9-27-11-12-28-10-8-26-6-4-18(22)20-17-13-16(2)21(14-17)15-19(23)24/h1,16-17H,4-15H2,2H3,(H,20,22)(H,23,24). The lowest BCUT2D eigenvalue weighted by Gasteiger charge is -2.17. The number of ether oxygens (including phenoxy) is 4. The first-order valence-electron chi connectivity index (χ1n) is 9.52. The molecule has 0 saturated carbocycles. The van der Waals surface area contributed by atoms with Crippen LogP contribution in [0.15, 0.2) is 0 Å². The molecule has 0 radical (unpaired) electrons. The first-order chi connectivity index (χ1) is 13.5. The zero-order chi connectivity index (χ0) is 20.6. The molecule has 0 aromatic carbocycles. The molecule has 0 aliphatic carbocycles. The van der Waals surface area contributed by atoms with Gasteiger partial charge in [-0.25, -0.2) is 0 Å². The molecule has 2 unspecified atom stereocenters. The number of terminal acetylenes is 1. The number of rotatable bonds is 16. The van der Waals surface area contributed by atoms with E-state index in [2.05, 4.69) is 11.2 Å². The Morgan fingerprint density at radius 1 is 1.07 bits per heavy atom. The summed E-state index contributed by atoms with van der Waals surface area (Å²) in [6, 6.07) is 0.136. The van der Waals surface area contributed by atoms with Crippen molar-refractivity contribution in [2.75, 3.05) is 65.9 Å². The summed E-state index contributed by atoms with van der Waals surface area (Å²) in [7, 11) is 0. The first-order valence-corrected chi connectivity index (χ1v) is 9.52. The van der Waals surface area contributed by atoms with Crippen molar-refractivity contribution in [2.45, 2.75) is 31.8 Å².